The fourth-order valence-electron chi connectivity index (χ4n) is 1.48. The van der Waals surface area contributed by atoms with E-state index in [0.29, 0.717) is 0 Å². The summed E-state index contributed by atoms with van der Waals surface area (Å²) in [5.41, 5.74) is 8.48. The maximum atomic E-state index is 5.50. The highest BCUT2D eigenvalue weighted by Gasteiger charge is 2.10. The van der Waals surface area contributed by atoms with Crippen LogP contribution in [0.1, 0.15) is 26.7 Å². The molecule has 0 saturated heterocycles. The van der Waals surface area contributed by atoms with Crippen molar-refractivity contribution in [1.82, 2.24) is 0 Å². The molecule has 0 aromatic heterocycles. The quantitative estimate of drug-likeness (QED) is 0.643. The highest BCUT2D eigenvalue weighted by Crippen LogP contribution is 2.25. The third-order valence-electron chi connectivity index (χ3n) is 2.47. The van der Waals surface area contributed by atoms with E-state index in [9.17, 15) is 0 Å². The van der Waals surface area contributed by atoms with Crippen LogP contribution in [0.3, 0.4) is 0 Å². The lowest BCUT2D eigenvalue weighted by Crippen LogP contribution is -2.07. The van der Waals surface area contributed by atoms with Crippen LogP contribution < -0.4 is 5.73 Å². The molecule has 0 radical (unpaired) electrons. The number of nitrogens with two attached hydrogens (primary N) is 1. The second-order valence-corrected chi connectivity index (χ2v) is 3.29. The molecule has 1 aliphatic carbocycles. The van der Waals surface area contributed by atoms with Crippen molar-refractivity contribution in [1.29, 1.82) is 0 Å². The van der Waals surface area contributed by atoms with E-state index in [0.717, 1.165) is 18.9 Å². The smallest absolute Gasteiger partial charge is 0.00367 e. The van der Waals surface area contributed by atoms with Gasteiger partial charge in [0.05, 0.1) is 0 Å². The van der Waals surface area contributed by atoms with Gasteiger partial charge in [0.15, 0.2) is 0 Å². The Balaban J connectivity index is 2.72. The molecular formula is C10H17N. The fraction of sp³-hybridized carbons (Fsp3) is 0.600. The lowest BCUT2D eigenvalue weighted by Gasteiger charge is -2.18. The molecular weight excluding hydrogens is 134 g/mol. The second kappa shape index (κ2) is 3.72. The number of allylic oxidation sites excluding steroid dienone is 3. The molecule has 0 aromatic rings. The lowest BCUT2D eigenvalue weighted by atomic mass is 9.88. The maximum Gasteiger partial charge on any atom is -0.00367 e. The van der Waals surface area contributed by atoms with Gasteiger partial charge in [0.1, 0.15) is 0 Å². The summed E-state index contributed by atoms with van der Waals surface area (Å²) in [7, 11) is 0. The zero-order valence-electron chi connectivity index (χ0n) is 7.43. The van der Waals surface area contributed by atoms with Gasteiger partial charge in [-0.25, -0.2) is 0 Å². The van der Waals surface area contributed by atoms with Gasteiger partial charge in [0.2, 0.25) is 0 Å². The summed E-state index contributed by atoms with van der Waals surface area (Å²) >= 11 is 0. The van der Waals surface area contributed by atoms with E-state index in [1.165, 1.54) is 17.6 Å². The zero-order valence-corrected chi connectivity index (χ0v) is 7.43. The Kier molecular flexibility index (Phi) is 2.89. The van der Waals surface area contributed by atoms with Crippen LogP contribution in [0.15, 0.2) is 23.3 Å². The van der Waals surface area contributed by atoms with Crippen molar-refractivity contribution >= 4 is 0 Å². The number of hydrogen-bond donors (Lipinski definition) is 1. The SMILES string of the molecule is CC1=C(CCN)C=CCC1C. The Bertz CT molecular complexity index is 189. The van der Waals surface area contributed by atoms with E-state index in [4.69, 9.17) is 5.73 Å². The first-order valence-corrected chi connectivity index (χ1v) is 4.32. The normalized spacial score (nSPS) is 24.5. The molecule has 1 atom stereocenters. The molecule has 1 rings (SSSR count). The van der Waals surface area contributed by atoms with Crippen LogP contribution >= 0.6 is 0 Å². The summed E-state index contributed by atoms with van der Waals surface area (Å²) in [6, 6.07) is 0. The van der Waals surface area contributed by atoms with Gasteiger partial charge in [-0.3, -0.25) is 0 Å². The van der Waals surface area contributed by atoms with Gasteiger partial charge in [0, 0.05) is 0 Å². The van der Waals surface area contributed by atoms with Gasteiger partial charge in [-0.15, -0.1) is 0 Å². The standard InChI is InChI=1S/C10H17N/c1-8-4-3-5-10(6-7-11)9(8)2/h3,5,8H,4,6-7,11H2,1-2H3. The highest BCUT2D eigenvalue weighted by atomic mass is 14.5. The van der Waals surface area contributed by atoms with E-state index in [1.807, 2.05) is 0 Å². The molecule has 0 amide bonds. The molecule has 1 unspecified atom stereocenters. The monoisotopic (exact) mass is 151 g/mol. The van der Waals surface area contributed by atoms with Gasteiger partial charge in [0.25, 0.3) is 0 Å². The van der Waals surface area contributed by atoms with Crippen molar-refractivity contribution in [2.45, 2.75) is 26.7 Å². The molecule has 0 aromatic carbocycles. The Morgan fingerprint density at radius 3 is 3.00 bits per heavy atom. The van der Waals surface area contributed by atoms with E-state index < -0.39 is 0 Å². The number of hydrogen-bond acceptors (Lipinski definition) is 1. The summed E-state index contributed by atoms with van der Waals surface area (Å²) in [5.74, 6) is 0.724. The van der Waals surface area contributed by atoms with Crippen molar-refractivity contribution < 1.29 is 0 Å². The van der Waals surface area contributed by atoms with Crippen LogP contribution in [0.25, 0.3) is 0 Å². The van der Waals surface area contributed by atoms with Crippen LogP contribution in [0.2, 0.25) is 0 Å². The molecule has 2 N–H and O–H groups in total. The Labute approximate surface area is 69.0 Å². The van der Waals surface area contributed by atoms with Crippen LogP contribution in [0, 0.1) is 5.92 Å². The molecule has 1 aliphatic rings. The molecule has 0 spiro atoms. The van der Waals surface area contributed by atoms with Crippen LogP contribution in [-0.4, -0.2) is 6.54 Å². The van der Waals surface area contributed by atoms with Crippen molar-refractivity contribution in [2.75, 3.05) is 6.54 Å². The molecule has 1 heteroatoms. The molecule has 0 bridgehead atoms. The Morgan fingerprint density at radius 1 is 1.64 bits per heavy atom. The van der Waals surface area contributed by atoms with E-state index in [1.54, 1.807) is 0 Å². The second-order valence-electron chi connectivity index (χ2n) is 3.29. The Hall–Kier alpha value is -0.560. The first-order valence-electron chi connectivity index (χ1n) is 4.32. The van der Waals surface area contributed by atoms with Crippen molar-refractivity contribution in [2.24, 2.45) is 11.7 Å². The fourth-order valence-corrected chi connectivity index (χ4v) is 1.48. The molecule has 0 aliphatic heterocycles. The minimum atomic E-state index is 0.724. The maximum absolute atomic E-state index is 5.50. The van der Waals surface area contributed by atoms with Gasteiger partial charge < -0.3 is 5.73 Å². The zero-order chi connectivity index (χ0) is 8.27. The van der Waals surface area contributed by atoms with Gasteiger partial charge in [-0.05, 0) is 37.8 Å². The van der Waals surface area contributed by atoms with Crippen LogP contribution in [0.4, 0.5) is 0 Å². The van der Waals surface area contributed by atoms with E-state index in [2.05, 4.69) is 26.0 Å². The molecule has 11 heavy (non-hydrogen) atoms. The van der Waals surface area contributed by atoms with E-state index >= 15 is 0 Å². The summed E-state index contributed by atoms with van der Waals surface area (Å²) < 4.78 is 0. The van der Waals surface area contributed by atoms with Gasteiger partial charge >= 0.3 is 0 Å². The summed E-state index contributed by atoms with van der Waals surface area (Å²) in [4.78, 5) is 0. The number of rotatable bonds is 2. The van der Waals surface area contributed by atoms with E-state index in [-0.39, 0.29) is 0 Å². The third kappa shape index (κ3) is 1.93. The van der Waals surface area contributed by atoms with Crippen molar-refractivity contribution in [3.63, 3.8) is 0 Å². The summed E-state index contributed by atoms with van der Waals surface area (Å²) in [6.45, 7) is 5.26. The third-order valence-corrected chi connectivity index (χ3v) is 2.47. The summed E-state index contributed by atoms with van der Waals surface area (Å²) in [6.07, 6.45) is 6.71. The topological polar surface area (TPSA) is 26.0 Å². The molecule has 0 fully saturated rings. The average molecular weight is 151 g/mol. The van der Waals surface area contributed by atoms with Crippen molar-refractivity contribution in [3.05, 3.63) is 23.3 Å². The minimum absolute atomic E-state index is 0.724. The lowest BCUT2D eigenvalue weighted by molar-refractivity contribution is 0.669. The Morgan fingerprint density at radius 2 is 2.36 bits per heavy atom. The predicted octanol–water partition coefficient (Wildman–Crippen LogP) is 2.25. The first kappa shape index (κ1) is 8.54. The first-order chi connectivity index (χ1) is 5.25. The van der Waals surface area contributed by atoms with Crippen LogP contribution in [-0.2, 0) is 0 Å². The average Bonchev–Trinajstić information content (AvgIpc) is 1.99. The molecule has 62 valence electrons. The molecule has 1 nitrogen and oxygen atoms in total. The molecule has 0 heterocycles. The predicted molar refractivity (Wildman–Crippen MR) is 49.3 cm³/mol. The van der Waals surface area contributed by atoms with Crippen molar-refractivity contribution in [3.8, 4) is 0 Å². The largest absolute Gasteiger partial charge is 0.330 e. The summed E-state index contributed by atoms with van der Waals surface area (Å²) in [5, 5.41) is 0. The minimum Gasteiger partial charge on any atom is -0.330 e. The van der Waals surface area contributed by atoms with Gasteiger partial charge in [-0.1, -0.05) is 24.6 Å². The highest BCUT2D eigenvalue weighted by molar-refractivity contribution is 5.30. The molecule has 0 saturated carbocycles. The van der Waals surface area contributed by atoms with Crippen LogP contribution in [0.5, 0.6) is 0 Å². The van der Waals surface area contributed by atoms with Gasteiger partial charge in [-0.2, -0.15) is 0 Å².